The zero-order valence-corrected chi connectivity index (χ0v) is 10.5. The fraction of sp³-hybridized carbons (Fsp3) is 0.200. The van der Waals surface area contributed by atoms with Crippen molar-refractivity contribution >= 4 is 11.6 Å². The van der Waals surface area contributed by atoms with Crippen molar-refractivity contribution in [2.24, 2.45) is 0 Å². The molecule has 0 N–H and O–H groups in total. The number of carbonyl (C=O) groups excluding carboxylic acids is 1. The summed E-state index contributed by atoms with van der Waals surface area (Å²) in [7, 11) is 1.81. The summed E-state index contributed by atoms with van der Waals surface area (Å²) in [5, 5.41) is 0. The Morgan fingerprint density at radius 3 is 2.83 bits per heavy atom. The second-order valence-corrected chi connectivity index (χ2v) is 4.65. The van der Waals surface area contributed by atoms with Crippen LogP contribution in [0.15, 0.2) is 36.5 Å². The molecular weight excluding hydrogens is 224 g/mol. The van der Waals surface area contributed by atoms with Crippen LogP contribution in [0, 0.1) is 6.92 Å². The minimum Gasteiger partial charge on any atom is -0.310 e. The summed E-state index contributed by atoms with van der Waals surface area (Å²) < 4.78 is 0. The molecule has 2 aromatic rings. The normalized spacial score (nSPS) is 13.9. The summed E-state index contributed by atoms with van der Waals surface area (Å²) in [5.74, 6) is 0.0370. The predicted octanol–water partition coefficient (Wildman–Crippen LogP) is 2.57. The molecule has 0 bridgehead atoms. The molecule has 0 spiro atoms. The number of aryl methyl sites for hydroxylation is 1. The molecule has 3 heteroatoms. The van der Waals surface area contributed by atoms with Gasteiger partial charge in [0.1, 0.15) is 0 Å². The Balaban J connectivity index is 2.24. The van der Waals surface area contributed by atoms with E-state index in [1.54, 1.807) is 18.1 Å². The quantitative estimate of drug-likeness (QED) is 0.706. The van der Waals surface area contributed by atoms with E-state index in [1.165, 1.54) is 0 Å². The highest BCUT2D eigenvalue weighted by atomic mass is 16.2. The van der Waals surface area contributed by atoms with E-state index in [-0.39, 0.29) is 5.91 Å². The Kier molecular flexibility index (Phi) is 2.40. The number of nitrogens with zero attached hydrogens (tertiary/aromatic N) is 2. The van der Waals surface area contributed by atoms with Gasteiger partial charge in [-0.3, -0.25) is 9.78 Å². The molecule has 1 aliphatic heterocycles. The predicted molar refractivity (Wildman–Crippen MR) is 71.0 cm³/mol. The van der Waals surface area contributed by atoms with Gasteiger partial charge in [-0.15, -0.1) is 0 Å². The van der Waals surface area contributed by atoms with E-state index in [1.807, 2.05) is 31.2 Å². The van der Waals surface area contributed by atoms with Crippen LogP contribution >= 0.6 is 0 Å². The number of anilines is 1. The molecule has 0 saturated carbocycles. The summed E-state index contributed by atoms with van der Waals surface area (Å²) in [6.07, 6.45) is 2.57. The number of amides is 1. The lowest BCUT2D eigenvalue weighted by Crippen LogP contribution is -2.26. The van der Waals surface area contributed by atoms with Crippen molar-refractivity contribution < 1.29 is 4.79 Å². The molecule has 0 unspecified atom stereocenters. The van der Waals surface area contributed by atoms with Crippen LogP contribution < -0.4 is 4.90 Å². The number of hydrogen-bond donors (Lipinski definition) is 0. The van der Waals surface area contributed by atoms with E-state index in [9.17, 15) is 4.79 Å². The van der Waals surface area contributed by atoms with Gasteiger partial charge in [0.15, 0.2) is 0 Å². The van der Waals surface area contributed by atoms with Crippen LogP contribution in [0.5, 0.6) is 0 Å². The van der Waals surface area contributed by atoms with Crippen molar-refractivity contribution in [2.45, 2.75) is 13.3 Å². The average molecular weight is 238 g/mol. The summed E-state index contributed by atoms with van der Waals surface area (Å²) >= 11 is 0. The molecule has 3 nitrogen and oxygen atoms in total. The Morgan fingerprint density at radius 1 is 1.22 bits per heavy atom. The smallest absolute Gasteiger partial charge is 0.258 e. The first-order valence-electron chi connectivity index (χ1n) is 5.98. The van der Waals surface area contributed by atoms with Gasteiger partial charge >= 0.3 is 0 Å². The lowest BCUT2D eigenvalue weighted by atomic mass is 10.0. The monoisotopic (exact) mass is 238 g/mol. The molecule has 0 aliphatic carbocycles. The Labute approximate surface area is 106 Å². The van der Waals surface area contributed by atoms with Crippen LogP contribution in [0.4, 0.5) is 5.69 Å². The molecule has 0 atom stereocenters. The van der Waals surface area contributed by atoms with Crippen molar-refractivity contribution in [1.82, 2.24) is 4.98 Å². The van der Waals surface area contributed by atoms with E-state index < -0.39 is 0 Å². The number of hydrogen-bond acceptors (Lipinski definition) is 2. The van der Waals surface area contributed by atoms with E-state index in [0.29, 0.717) is 0 Å². The van der Waals surface area contributed by atoms with E-state index in [0.717, 1.165) is 34.5 Å². The average Bonchev–Trinajstić information content (AvgIpc) is 2.47. The maximum atomic E-state index is 12.4. The molecule has 1 aliphatic rings. The van der Waals surface area contributed by atoms with Gasteiger partial charge in [0, 0.05) is 24.7 Å². The van der Waals surface area contributed by atoms with E-state index in [4.69, 9.17) is 0 Å². The van der Waals surface area contributed by atoms with Crippen molar-refractivity contribution in [2.75, 3.05) is 11.9 Å². The van der Waals surface area contributed by atoms with E-state index >= 15 is 0 Å². The topological polar surface area (TPSA) is 33.2 Å². The molecule has 0 fully saturated rings. The zero-order chi connectivity index (χ0) is 12.7. The summed E-state index contributed by atoms with van der Waals surface area (Å²) in [5.41, 5.74) is 4.91. The standard InChI is InChI=1S/C15H14N2O/c1-10-7-12-8-11-5-3-4-6-13(11)15(18)17(2)14(12)9-16-10/h3-7,9H,8H2,1-2H3. The maximum absolute atomic E-state index is 12.4. The second-order valence-electron chi connectivity index (χ2n) is 4.65. The van der Waals surface area contributed by atoms with Gasteiger partial charge in [0.25, 0.3) is 5.91 Å². The molecule has 0 radical (unpaired) electrons. The highest BCUT2D eigenvalue weighted by Gasteiger charge is 2.23. The number of fused-ring (bicyclic) bond motifs is 2. The minimum atomic E-state index is 0.0370. The molecule has 1 aromatic carbocycles. The summed E-state index contributed by atoms with van der Waals surface area (Å²) in [4.78, 5) is 18.4. The van der Waals surface area contributed by atoms with Gasteiger partial charge in [-0.05, 0) is 30.2 Å². The van der Waals surface area contributed by atoms with Crippen LogP contribution in [0.2, 0.25) is 0 Å². The third-order valence-electron chi connectivity index (χ3n) is 3.40. The van der Waals surface area contributed by atoms with Crippen molar-refractivity contribution in [3.63, 3.8) is 0 Å². The maximum Gasteiger partial charge on any atom is 0.258 e. The van der Waals surface area contributed by atoms with Crippen molar-refractivity contribution in [3.05, 3.63) is 58.9 Å². The van der Waals surface area contributed by atoms with Gasteiger partial charge in [-0.25, -0.2) is 0 Å². The lowest BCUT2D eigenvalue weighted by molar-refractivity contribution is 0.0993. The van der Waals surface area contributed by atoms with Gasteiger partial charge < -0.3 is 4.90 Å². The highest BCUT2D eigenvalue weighted by molar-refractivity contribution is 6.08. The first kappa shape index (κ1) is 11.0. The molecular formula is C15H14N2O. The molecule has 0 saturated heterocycles. The molecule has 90 valence electrons. The van der Waals surface area contributed by atoms with Gasteiger partial charge in [0.05, 0.1) is 11.9 Å². The fourth-order valence-corrected chi connectivity index (χ4v) is 2.43. The largest absolute Gasteiger partial charge is 0.310 e. The SMILES string of the molecule is Cc1cc2c(cn1)N(C)C(=O)c1ccccc1C2. The van der Waals surface area contributed by atoms with Crippen LogP contribution in [-0.2, 0) is 6.42 Å². The van der Waals surface area contributed by atoms with Crippen LogP contribution in [0.1, 0.15) is 27.2 Å². The number of pyridine rings is 1. The first-order valence-corrected chi connectivity index (χ1v) is 5.98. The number of rotatable bonds is 0. The Bertz CT molecular complexity index is 634. The Morgan fingerprint density at radius 2 is 2.00 bits per heavy atom. The first-order chi connectivity index (χ1) is 8.66. The van der Waals surface area contributed by atoms with Gasteiger partial charge in [0.2, 0.25) is 0 Å². The molecule has 1 aromatic heterocycles. The third kappa shape index (κ3) is 1.59. The molecule has 2 heterocycles. The summed E-state index contributed by atoms with van der Waals surface area (Å²) in [6.45, 7) is 1.97. The van der Waals surface area contributed by atoms with E-state index in [2.05, 4.69) is 11.1 Å². The van der Waals surface area contributed by atoms with Crippen LogP contribution in [-0.4, -0.2) is 17.9 Å². The second kappa shape index (κ2) is 3.95. The van der Waals surface area contributed by atoms with Crippen LogP contribution in [0.25, 0.3) is 0 Å². The number of carbonyl (C=O) groups is 1. The molecule has 3 rings (SSSR count). The van der Waals surface area contributed by atoms with Crippen molar-refractivity contribution in [1.29, 1.82) is 0 Å². The van der Waals surface area contributed by atoms with Gasteiger partial charge in [-0.1, -0.05) is 18.2 Å². The lowest BCUT2D eigenvalue weighted by Gasteiger charge is -2.17. The molecule has 18 heavy (non-hydrogen) atoms. The minimum absolute atomic E-state index is 0.0370. The number of benzene rings is 1. The van der Waals surface area contributed by atoms with Crippen LogP contribution in [0.3, 0.4) is 0 Å². The molecule has 1 amide bonds. The fourth-order valence-electron chi connectivity index (χ4n) is 2.43. The Hall–Kier alpha value is -2.16. The number of aromatic nitrogens is 1. The third-order valence-corrected chi connectivity index (χ3v) is 3.40. The highest BCUT2D eigenvalue weighted by Crippen LogP contribution is 2.29. The van der Waals surface area contributed by atoms with Crippen molar-refractivity contribution in [3.8, 4) is 0 Å². The zero-order valence-electron chi connectivity index (χ0n) is 10.5. The van der Waals surface area contributed by atoms with Gasteiger partial charge in [-0.2, -0.15) is 0 Å². The summed E-state index contributed by atoms with van der Waals surface area (Å²) in [6, 6.07) is 9.85.